The summed E-state index contributed by atoms with van der Waals surface area (Å²) in [5.41, 5.74) is 4.75. The molecule has 274 valence electrons. The number of piperidine rings is 1. The zero-order valence-electron chi connectivity index (χ0n) is 30.3. The van der Waals surface area contributed by atoms with Gasteiger partial charge in [-0.25, -0.2) is 22.9 Å². The number of nitrogens with zero attached hydrogens (tertiary/aromatic N) is 5. The second kappa shape index (κ2) is 15.3. The van der Waals surface area contributed by atoms with Crippen LogP contribution in [0.3, 0.4) is 0 Å². The lowest BCUT2D eigenvalue weighted by atomic mass is 10.0. The maximum Gasteiger partial charge on any atom is 0.328 e. The minimum absolute atomic E-state index is 0.168. The van der Waals surface area contributed by atoms with Crippen molar-refractivity contribution in [2.24, 2.45) is 0 Å². The molecule has 0 radical (unpaired) electrons. The van der Waals surface area contributed by atoms with Crippen LogP contribution in [-0.2, 0) is 21.4 Å². The zero-order valence-corrected chi connectivity index (χ0v) is 31.1. The Labute approximate surface area is 305 Å². The second-order valence-electron chi connectivity index (χ2n) is 14.5. The number of aryl methyl sites for hydroxylation is 1. The molecule has 2 fully saturated rings. The lowest BCUT2D eigenvalue weighted by Gasteiger charge is -2.38. The van der Waals surface area contributed by atoms with Gasteiger partial charge in [0.15, 0.2) is 0 Å². The number of hydrogen-bond donors (Lipinski definition) is 4. The maximum atomic E-state index is 12.9. The van der Waals surface area contributed by atoms with Crippen molar-refractivity contribution in [2.75, 3.05) is 47.1 Å². The standard InChI is InChI=1S/C38H47N9O4S/c1-26-24-39-36(43-35(26)40-29-9-7-11-33(23-29)52(50,51)44-38(2,3)4)41-28-12-14-31(15-13-28)46-19-16-30(17-20-46)45(5)25-27-8-6-10-32(22-27)47-21-18-34(48)42-37(47)49/h6-15,22-24,30,44H,16-21,25H2,1-5H3,(H,42,48,49)(H2,39,40,41,43). The number of anilines is 6. The third kappa shape index (κ3) is 9.24. The number of benzene rings is 3. The van der Waals surface area contributed by atoms with Crippen molar-refractivity contribution in [3.8, 4) is 0 Å². The van der Waals surface area contributed by atoms with Crippen molar-refractivity contribution in [3.63, 3.8) is 0 Å². The first kappa shape index (κ1) is 36.7. The number of carbonyl (C=O) groups is 2. The summed E-state index contributed by atoms with van der Waals surface area (Å²) in [6.07, 6.45) is 4.09. The third-order valence-corrected chi connectivity index (χ3v) is 10.9. The SMILES string of the molecule is Cc1cnc(Nc2ccc(N3CCC(N(C)Cc4cccc(N5CCC(=O)NC5=O)c4)CC3)cc2)nc1Nc1cccc(S(=O)(=O)NC(C)(C)C)c1. The van der Waals surface area contributed by atoms with Crippen LogP contribution in [0.1, 0.15) is 51.2 Å². The average Bonchev–Trinajstić information content (AvgIpc) is 3.09. The Bertz CT molecular complexity index is 2020. The van der Waals surface area contributed by atoms with Gasteiger partial charge in [0.25, 0.3) is 0 Å². The third-order valence-electron chi connectivity index (χ3n) is 9.10. The molecule has 6 rings (SSSR count). The van der Waals surface area contributed by atoms with Gasteiger partial charge in [0.2, 0.25) is 21.9 Å². The van der Waals surface area contributed by atoms with E-state index in [9.17, 15) is 18.0 Å². The number of imide groups is 1. The van der Waals surface area contributed by atoms with E-state index in [0.717, 1.165) is 60.7 Å². The van der Waals surface area contributed by atoms with Gasteiger partial charge < -0.3 is 15.5 Å². The average molecular weight is 726 g/mol. The summed E-state index contributed by atoms with van der Waals surface area (Å²) < 4.78 is 28.4. The lowest BCUT2D eigenvalue weighted by Crippen LogP contribution is -2.49. The van der Waals surface area contributed by atoms with Crippen LogP contribution in [0.4, 0.5) is 39.3 Å². The van der Waals surface area contributed by atoms with E-state index < -0.39 is 15.6 Å². The van der Waals surface area contributed by atoms with E-state index >= 15 is 0 Å². The van der Waals surface area contributed by atoms with Gasteiger partial charge in [-0.1, -0.05) is 18.2 Å². The minimum atomic E-state index is -3.69. The van der Waals surface area contributed by atoms with Gasteiger partial charge in [-0.2, -0.15) is 4.98 Å². The molecule has 2 aliphatic rings. The fraction of sp³-hybridized carbons (Fsp3) is 0.368. The molecule has 3 amide bonds. The summed E-state index contributed by atoms with van der Waals surface area (Å²) in [4.78, 5) is 39.6. The maximum absolute atomic E-state index is 12.9. The Morgan fingerprint density at radius 3 is 2.35 bits per heavy atom. The highest BCUT2D eigenvalue weighted by molar-refractivity contribution is 7.89. The first-order chi connectivity index (χ1) is 24.7. The predicted octanol–water partition coefficient (Wildman–Crippen LogP) is 5.90. The number of sulfonamides is 1. The zero-order chi connectivity index (χ0) is 37.0. The molecule has 2 aliphatic heterocycles. The van der Waals surface area contributed by atoms with E-state index in [2.05, 4.69) is 65.7 Å². The summed E-state index contributed by atoms with van der Waals surface area (Å²) in [5, 5.41) is 8.94. The molecule has 0 saturated carbocycles. The van der Waals surface area contributed by atoms with E-state index in [4.69, 9.17) is 0 Å². The van der Waals surface area contributed by atoms with Crippen LogP contribution in [0, 0.1) is 6.92 Å². The van der Waals surface area contributed by atoms with Crippen LogP contribution in [0.2, 0.25) is 0 Å². The highest BCUT2D eigenvalue weighted by atomic mass is 32.2. The first-order valence-corrected chi connectivity index (χ1v) is 19.0. The minimum Gasteiger partial charge on any atom is -0.371 e. The fourth-order valence-electron chi connectivity index (χ4n) is 6.47. The van der Waals surface area contributed by atoms with Gasteiger partial charge in [0, 0.05) is 78.7 Å². The summed E-state index contributed by atoms with van der Waals surface area (Å²) >= 11 is 0. The monoisotopic (exact) mass is 725 g/mol. The molecule has 1 aromatic heterocycles. The number of urea groups is 1. The molecular formula is C38H47N9O4S. The summed E-state index contributed by atoms with van der Waals surface area (Å²) in [5.74, 6) is 0.755. The Hall–Kier alpha value is -5.05. The number of hydrogen-bond acceptors (Lipinski definition) is 10. The van der Waals surface area contributed by atoms with E-state index in [0.29, 0.717) is 36.5 Å². The molecular weight excluding hydrogens is 679 g/mol. The molecule has 0 unspecified atom stereocenters. The van der Waals surface area contributed by atoms with Crippen LogP contribution < -0.4 is 30.5 Å². The van der Waals surface area contributed by atoms with Crippen LogP contribution in [0.25, 0.3) is 0 Å². The lowest BCUT2D eigenvalue weighted by molar-refractivity contribution is -0.120. The predicted molar refractivity (Wildman–Crippen MR) is 205 cm³/mol. The first-order valence-electron chi connectivity index (χ1n) is 17.5. The van der Waals surface area contributed by atoms with Crippen LogP contribution in [0.15, 0.2) is 83.9 Å². The Morgan fingerprint density at radius 1 is 0.904 bits per heavy atom. The molecule has 52 heavy (non-hydrogen) atoms. The molecule has 4 N–H and O–H groups in total. The number of carbonyl (C=O) groups excluding carboxylic acids is 2. The number of aromatic nitrogens is 2. The normalized spacial score (nSPS) is 15.9. The van der Waals surface area contributed by atoms with Gasteiger partial charge in [-0.3, -0.25) is 19.9 Å². The van der Waals surface area contributed by atoms with Crippen molar-refractivity contribution in [3.05, 3.63) is 90.1 Å². The van der Waals surface area contributed by atoms with Crippen molar-refractivity contribution in [1.29, 1.82) is 0 Å². The second-order valence-corrected chi connectivity index (χ2v) is 16.1. The van der Waals surface area contributed by atoms with E-state index in [1.165, 1.54) is 0 Å². The largest absolute Gasteiger partial charge is 0.371 e. The molecule has 0 spiro atoms. The van der Waals surface area contributed by atoms with Crippen molar-refractivity contribution in [2.45, 2.75) is 70.0 Å². The van der Waals surface area contributed by atoms with Crippen molar-refractivity contribution in [1.82, 2.24) is 24.9 Å². The summed E-state index contributed by atoms with van der Waals surface area (Å²) in [7, 11) is -1.54. The van der Waals surface area contributed by atoms with Gasteiger partial charge in [0.1, 0.15) is 5.82 Å². The highest BCUT2D eigenvalue weighted by Gasteiger charge is 2.26. The Balaban J connectivity index is 1.02. The molecule has 14 heteroatoms. The van der Waals surface area contributed by atoms with E-state index in [1.807, 2.05) is 37.3 Å². The van der Waals surface area contributed by atoms with Gasteiger partial charge >= 0.3 is 6.03 Å². The molecule has 0 bridgehead atoms. The number of amides is 3. The van der Waals surface area contributed by atoms with Gasteiger partial charge in [0.05, 0.1) is 4.90 Å². The smallest absolute Gasteiger partial charge is 0.328 e. The van der Waals surface area contributed by atoms with E-state index in [1.54, 1.807) is 56.1 Å². The van der Waals surface area contributed by atoms with E-state index in [-0.39, 0.29) is 16.8 Å². The molecule has 13 nitrogen and oxygen atoms in total. The number of rotatable bonds is 11. The quantitative estimate of drug-likeness (QED) is 0.147. The van der Waals surface area contributed by atoms with Crippen LogP contribution in [-0.4, -0.2) is 73.5 Å². The molecule has 3 aromatic carbocycles. The molecule has 3 heterocycles. The summed E-state index contributed by atoms with van der Waals surface area (Å²) in [6, 6.07) is 23.0. The van der Waals surface area contributed by atoms with Gasteiger partial charge in [-0.05, 0) is 108 Å². The molecule has 4 aromatic rings. The molecule has 0 aliphatic carbocycles. The number of nitrogens with one attached hydrogen (secondary N) is 4. The molecule has 0 atom stereocenters. The Morgan fingerprint density at radius 2 is 1.63 bits per heavy atom. The van der Waals surface area contributed by atoms with Gasteiger partial charge in [-0.15, -0.1) is 0 Å². The molecule has 2 saturated heterocycles. The van der Waals surface area contributed by atoms with Crippen LogP contribution in [0.5, 0.6) is 0 Å². The Kier molecular flexibility index (Phi) is 10.8. The fourth-order valence-corrected chi connectivity index (χ4v) is 7.93. The topological polar surface area (TPSA) is 152 Å². The highest BCUT2D eigenvalue weighted by Crippen LogP contribution is 2.28. The van der Waals surface area contributed by atoms with Crippen LogP contribution >= 0.6 is 0 Å². The summed E-state index contributed by atoms with van der Waals surface area (Å²) in [6.45, 7) is 10.3. The van der Waals surface area contributed by atoms with Crippen molar-refractivity contribution < 1.29 is 18.0 Å². The van der Waals surface area contributed by atoms with Crippen molar-refractivity contribution >= 4 is 56.5 Å².